The van der Waals surface area contributed by atoms with Crippen LogP contribution in [0, 0.1) is 0 Å². The largest absolute Gasteiger partial charge is 0.416 e. The van der Waals surface area contributed by atoms with Crippen molar-refractivity contribution in [3.8, 4) is 0 Å². The quantitative estimate of drug-likeness (QED) is 0.651. The zero-order chi connectivity index (χ0) is 10.8. The maximum Gasteiger partial charge on any atom is 0.416 e. The second-order valence-corrected chi connectivity index (χ2v) is 3.52. The van der Waals surface area contributed by atoms with E-state index in [9.17, 15) is 13.2 Å². The molecular formula is C10H10ClF3. The number of benzene rings is 1. The van der Waals surface area contributed by atoms with E-state index in [1.165, 1.54) is 12.1 Å². The lowest BCUT2D eigenvalue weighted by molar-refractivity contribution is -0.137. The summed E-state index contributed by atoms with van der Waals surface area (Å²) in [5, 5.41) is -0.211. The fourth-order valence-electron chi connectivity index (χ4n) is 1.12. The molecule has 1 atom stereocenters. The highest BCUT2D eigenvalue weighted by atomic mass is 35.5. The molecule has 0 radical (unpaired) electrons. The van der Waals surface area contributed by atoms with Crippen molar-refractivity contribution < 1.29 is 13.2 Å². The molecule has 4 heteroatoms. The first-order valence-corrected chi connectivity index (χ1v) is 4.70. The van der Waals surface area contributed by atoms with Crippen molar-refractivity contribution in [2.24, 2.45) is 0 Å². The van der Waals surface area contributed by atoms with Crippen molar-refractivity contribution in [2.75, 3.05) is 0 Å². The van der Waals surface area contributed by atoms with Crippen LogP contribution in [-0.2, 0) is 6.18 Å². The molecule has 0 aliphatic heterocycles. The molecule has 0 heterocycles. The number of hydrogen-bond donors (Lipinski definition) is 0. The fourth-order valence-corrected chi connectivity index (χ4v) is 1.26. The number of rotatable bonds is 2. The monoisotopic (exact) mass is 222 g/mol. The Morgan fingerprint density at radius 1 is 1.21 bits per heavy atom. The third-order valence-electron chi connectivity index (χ3n) is 1.96. The maximum absolute atomic E-state index is 12.2. The van der Waals surface area contributed by atoms with Gasteiger partial charge in [-0.2, -0.15) is 13.2 Å². The van der Waals surface area contributed by atoms with Gasteiger partial charge in [0.05, 0.1) is 10.9 Å². The van der Waals surface area contributed by atoms with Gasteiger partial charge in [-0.1, -0.05) is 19.1 Å². The van der Waals surface area contributed by atoms with Gasteiger partial charge in [-0.15, -0.1) is 11.6 Å². The van der Waals surface area contributed by atoms with E-state index in [-0.39, 0.29) is 5.38 Å². The summed E-state index contributed by atoms with van der Waals surface area (Å²) in [5.74, 6) is 0. The first kappa shape index (κ1) is 11.4. The molecule has 0 fully saturated rings. The maximum atomic E-state index is 12.2. The van der Waals surface area contributed by atoms with Gasteiger partial charge < -0.3 is 0 Å². The van der Waals surface area contributed by atoms with E-state index in [0.29, 0.717) is 6.42 Å². The summed E-state index contributed by atoms with van der Waals surface area (Å²) in [6.45, 7) is 1.88. The number of hydrogen-bond acceptors (Lipinski definition) is 0. The minimum atomic E-state index is -4.27. The molecule has 0 aliphatic carbocycles. The second-order valence-electron chi connectivity index (χ2n) is 3.00. The summed E-state index contributed by atoms with van der Waals surface area (Å²) in [7, 11) is 0. The van der Waals surface area contributed by atoms with Crippen molar-refractivity contribution in [1.82, 2.24) is 0 Å². The first-order chi connectivity index (χ1) is 6.45. The predicted molar refractivity (Wildman–Crippen MR) is 50.3 cm³/mol. The molecule has 1 rings (SSSR count). The summed E-state index contributed by atoms with van der Waals surface area (Å²) in [6.07, 6.45) is -3.57. The Labute approximate surface area is 85.7 Å². The van der Waals surface area contributed by atoms with Crippen LogP contribution in [0.3, 0.4) is 0 Å². The molecule has 78 valence electrons. The molecule has 0 N–H and O–H groups in total. The minimum absolute atomic E-state index is 0.211. The highest BCUT2D eigenvalue weighted by molar-refractivity contribution is 6.20. The molecule has 1 unspecified atom stereocenters. The standard InChI is InChI=1S/C10H10ClF3/c1-2-9(11)7-3-5-8(6-4-7)10(12,13)14/h3-6,9H,2H2,1H3. The summed E-state index contributed by atoms with van der Waals surface area (Å²) in [6, 6.07) is 4.95. The first-order valence-electron chi connectivity index (χ1n) is 4.26. The normalized spacial score (nSPS) is 14.1. The zero-order valence-electron chi connectivity index (χ0n) is 7.61. The minimum Gasteiger partial charge on any atom is -0.166 e. The molecule has 0 aromatic heterocycles. The summed E-state index contributed by atoms with van der Waals surface area (Å²) in [4.78, 5) is 0. The van der Waals surface area contributed by atoms with Gasteiger partial charge in [-0.3, -0.25) is 0 Å². The zero-order valence-corrected chi connectivity index (χ0v) is 8.36. The van der Waals surface area contributed by atoms with Crippen LogP contribution in [-0.4, -0.2) is 0 Å². The van der Waals surface area contributed by atoms with Crippen molar-refractivity contribution >= 4 is 11.6 Å². The van der Waals surface area contributed by atoms with Gasteiger partial charge in [0.15, 0.2) is 0 Å². The summed E-state index contributed by atoms with van der Waals surface area (Å²) >= 11 is 5.88. The molecule has 0 spiro atoms. The number of alkyl halides is 4. The van der Waals surface area contributed by atoms with Gasteiger partial charge in [0.1, 0.15) is 0 Å². The third-order valence-corrected chi connectivity index (χ3v) is 2.52. The predicted octanol–water partition coefficient (Wildman–Crippen LogP) is 4.40. The Balaban J connectivity index is 2.89. The Morgan fingerprint density at radius 3 is 2.07 bits per heavy atom. The molecule has 0 saturated heterocycles. The van der Waals surface area contributed by atoms with Crippen LogP contribution < -0.4 is 0 Å². The molecule has 0 aliphatic rings. The number of halogens is 4. The van der Waals surface area contributed by atoms with Crippen molar-refractivity contribution in [3.63, 3.8) is 0 Å². The molecular weight excluding hydrogens is 213 g/mol. The molecule has 0 saturated carbocycles. The summed E-state index contributed by atoms with van der Waals surface area (Å²) < 4.78 is 36.5. The Hall–Kier alpha value is -0.700. The van der Waals surface area contributed by atoms with Crippen molar-refractivity contribution in [1.29, 1.82) is 0 Å². The highest BCUT2D eigenvalue weighted by Gasteiger charge is 2.30. The van der Waals surface area contributed by atoms with Gasteiger partial charge in [0.2, 0.25) is 0 Å². The van der Waals surface area contributed by atoms with E-state index in [1.54, 1.807) is 0 Å². The second kappa shape index (κ2) is 4.22. The van der Waals surface area contributed by atoms with Crippen LogP contribution in [0.5, 0.6) is 0 Å². The topological polar surface area (TPSA) is 0 Å². The van der Waals surface area contributed by atoms with Crippen LogP contribution in [0.1, 0.15) is 29.8 Å². The van der Waals surface area contributed by atoms with E-state index >= 15 is 0 Å². The summed E-state index contributed by atoms with van der Waals surface area (Å²) in [5.41, 5.74) is 0.0865. The van der Waals surface area contributed by atoms with E-state index in [0.717, 1.165) is 17.7 Å². The van der Waals surface area contributed by atoms with Crippen molar-refractivity contribution in [3.05, 3.63) is 35.4 Å². The van der Waals surface area contributed by atoms with Crippen molar-refractivity contribution in [2.45, 2.75) is 24.9 Å². The fraction of sp³-hybridized carbons (Fsp3) is 0.400. The molecule has 0 nitrogen and oxygen atoms in total. The Morgan fingerprint density at radius 2 is 1.71 bits per heavy atom. The molecule has 1 aromatic rings. The van der Waals surface area contributed by atoms with E-state index < -0.39 is 11.7 Å². The van der Waals surface area contributed by atoms with E-state index in [4.69, 9.17) is 11.6 Å². The Bertz CT molecular complexity index is 289. The van der Waals surface area contributed by atoms with Crippen LogP contribution in [0.4, 0.5) is 13.2 Å². The van der Waals surface area contributed by atoms with Crippen LogP contribution in [0.25, 0.3) is 0 Å². The van der Waals surface area contributed by atoms with Crippen LogP contribution in [0.2, 0.25) is 0 Å². The average molecular weight is 223 g/mol. The van der Waals surface area contributed by atoms with Crippen LogP contribution in [0.15, 0.2) is 24.3 Å². The van der Waals surface area contributed by atoms with E-state index in [1.807, 2.05) is 6.92 Å². The van der Waals surface area contributed by atoms with Crippen LogP contribution >= 0.6 is 11.6 Å². The SMILES string of the molecule is CCC(Cl)c1ccc(C(F)(F)F)cc1. The smallest absolute Gasteiger partial charge is 0.166 e. The lowest BCUT2D eigenvalue weighted by Crippen LogP contribution is -2.04. The van der Waals surface area contributed by atoms with Gasteiger partial charge >= 0.3 is 6.18 Å². The van der Waals surface area contributed by atoms with E-state index in [2.05, 4.69) is 0 Å². The molecule has 0 bridgehead atoms. The van der Waals surface area contributed by atoms with Gasteiger partial charge in [0.25, 0.3) is 0 Å². The van der Waals surface area contributed by atoms with Gasteiger partial charge in [-0.05, 0) is 24.1 Å². The average Bonchev–Trinajstić information content (AvgIpc) is 2.15. The lowest BCUT2D eigenvalue weighted by Gasteiger charge is -2.09. The lowest BCUT2D eigenvalue weighted by atomic mass is 10.1. The molecule has 14 heavy (non-hydrogen) atoms. The van der Waals surface area contributed by atoms with Gasteiger partial charge in [-0.25, -0.2) is 0 Å². The molecule has 1 aromatic carbocycles. The van der Waals surface area contributed by atoms with Gasteiger partial charge in [0, 0.05) is 0 Å². The Kier molecular flexibility index (Phi) is 3.43. The third kappa shape index (κ3) is 2.64. The highest BCUT2D eigenvalue weighted by Crippen LogP contribution is 2.31. The molecule has 0 amide bonds.